The third-order valence-corrected chi connectivity index (χ3v) is 3.92. The van der Waals surface area contributed by atoms with Gasteiger partial charge in [-0.1, -0.05) is 42.5 Å². The van der Waals surface area contributed by atoms with Crippen LogP contribution in [-0.4, -0.2) is 32.2 Å². The molecule has 2 aromatic rings. The van der Waals surface area contributed by atoms with Crippen LogP contribution in [-0.2, 0) is 22.6 Å². The number of carbonyl (C=O) groups is 1. The molecule has 0 saturated carbocycles. The van der Waals surface area contributed by atoms with Crippen molar-refractivity contribution in [1.29, 1.82) is 0 Å². The lowest BCUT2D eigenvalue weighted by molar-refractivity contribution is -0.123. The van der Waals surface area contributed by atoms with E-state index in [1.54, 1.807) is 7.11 Å². The Morgan fingerprint density at radius 3 is 2.44 bits per heavy atom. The van der Waals surface area contributed by atoms with E-state index in [1.165, 1.54) is 0 Å². The molecule has 0 aliphatic heterocycles. The van der Waals surface area contributed by atoms with Crippen molar-refractivity contribution in [1.82, 2.24) is 5.32 Å². The average Bonchev–Trinajstić information content (AvgIpc) is 2.66. The maximum absolute atomic E-state index is 11.8. The minimum absolute atomic E-state index is 0.0416. The lowest BCUT2D eigenvalue weighted by Crippen LogP contribution is -2.33. The van der Waals surface area contributed by atoms with E-state index in [9.17, 15) is 4.79 Å². The maximum Gasteiger partial charge on any atom is 0.222 e. The Morgan fingerprint density at radius 2 is 1.80 bits per heavy atom. The Balaban J connectivity index is 1.70. The van der Waals surface area contributed by atoms with E-state index < -0.39 is 0 Å². The van der Waals surface area contributed by atoms with Gasteiger partial charge in [0.05, 0.1) is 12.5 Å². The van der Waals surface area contributed by atoms with Crippen LogP contribution in [0.2, 0.25) is 0 Å². The highest BCUT2D eigenvalue weighted by Gasteiger charge is 2.10. The fourth-order valence-corrected chi connectivity index (χ4v) is 2.38. The molecule has 25 heavy (non-hydrogen) atoms. The first-order valence-corrected chi connectivity index (χ1v) is 8.46. The van der Waals surface area contributed by atoms with Gasteiger partial charge in [0.1, 0.15) is 12.4 Å². The van der Waals surface area contributed by atoms with Crippen LogP contribution < -0.4 is 15.8 Å². The summed E-state index contributed by atoms with van der Waals surface area (Å²) in [4.78, 5) is 11.8. The standard InChI is InChI=1S/C20H26N2O3/c1-24-19(14-21)13-20(23)22-12-11-16-7-9-18(10-8-16)25-15-17-5-3-2-4-6-17/h2-10,19H,11-15,21H2,1H3,(H,22,23). The molecule has 2 aromatic carbocycles. The summed E-state index contributed by atoms with van der Waals surface area (Å²) in [7, 11) is 1.56. The number of carbonyl (C=O) groups excluding carboxylic acids is 1. The van der Waals surface area contributed by atoms with Crippen molar-refractivity contribution in [3.8, 4) is 5.75 Å². The molecule has 0 spiro atoms. The Hall–Kier alpha value is -2.37. The number of ether oxygens (including phenoxy) is 2. The summed E-state index contributed by atoms with van der Waals surface area (Å²) in [5.74, 6) is 0.794. The number of nitrogens with two attached hydrogens (primary N) is 1. The quantitative estimate of drug-likeness (QED) is 0.695. The Morgan fingerprint density at radius 1 is 1.08 bits per heavy atom. The van der Waals surface area contributed by atoms with Gasteiger partial charge in [-0.25, -0.2) is 0 Å². The van der Waals surface area contributed by atoms with Crippen LogP contribution in [0.4, 0.5) is 0 Å². The molecule has 1 unspecified atom stereocenters. The van der Waals surface area contributed by atoms with Crippen molar-refractivity contribution in [3.05, 3.63) is 65.7 Å². The third kappa shape index (κ3) is 6.95. The van der Waals surface area contributed by atoms with Gasteiger partial charge >= 0.3 is 0 Å². The Kier molecular flexibility index (Phi) is 7.95. The zero-order chi connectivity index (χ0) is 17.9. The first-order valence-electron chi connectivity index (χ1n) is 8.46. The molecule has 1 atom stereocenters. The van der Waals surface area contributed by atoms with Gasteiger partial charge in [-0.2, -0.15) is 0 Å². The smallest absolute Gasteiger partial charge is 0.222 e. The number of rotatable bonds is 10. The van der Waals surface area contributed by atoms with E-state index in [2.05, 4.69) is 5.32 Å². The fraction of sp³-hybridized carbons (Fsp3) is 0.350. The molecule has 5 heteroatoms. The van der Waals surface area contributed by atoms with Gasteiger partial charge in [0.2, 0.25) is 5.91 Å². The maximum atomic E-state index is 11.8. The van der Waals surface area contributed by atoms with Gasteiger partial charge in [0, 0.05) is 20.2 Å². The summed E-state index contributed by atoms with van der Waals surface area (Å²) >= 11 is 0. The van der Waals surface area contributed by atoms with Crippen molar-refractivity contribution in [2.75, 3.05) is 20.2 Å². The number of hydrogen-bond donors (Lipinski definition) is 2. The summed E-state index contributed by atoms with van der Waals surface area (Å²) < 4.78 is 10.9. The van der Waals surface area contributed by atoms with Crippen LogP contribution in [0.1, 0.15) is 17.5 Å². The number of amides is 1. The highest BCUT2D eigenvalue weighted by molar-refractivity contribution is 5.76. The minimum Gasteiger partial charge on any atom is -0.489 e. The topological polar surface area (TPSA) is 73.6 Å². The molecule has 0 aliphatic carbocycles. The van der Waals surface area contributed by atoms with E-state index in [0.29, 0.717) is 26.1 Å². The molecule has 0 radical (unpaired) electrons. The zero-order valence-corrected chi connectivity index (χ0v) is 14.6. The second kappa shape index (κ2) is 10.5. The first kappa shape index (κ1) is 19.0. The van der Waals surface area contributed by atoms with Crippen LogP contribution in [0.15, 0.2) is 54.6 Å². The molecule has 0 fully saturated rings. The van der Waals surface area contributed by atoms with Crippen LogP contribution >= 0.6 is 0 Å². The monoisotopic (exact) mass is 342 g/mol. The molecule has 5 nitrogen and oxygen atoms in total. The second-order valence-corrected chi connectivity index (χ2v) is 5.82. The second-order valence-electron chi connectivity index (χ2n) is 5.82. The predicted molar refractivity (Wildman–Crippen MR) is 98.4 cm³/mol. The molecule has 134 valence electrons. The Bertz CT molecular complexity index is 625. The SMILES string of the molecule is COC(CN)CC(=O)NCCc1ccc(OCc2ccccc2)cc1. The van der Waals surface area contributed by atoms with Gasteiger partial charge < -0.3 is 20.5 Å². The first-order chi connectivity index (χ1) is 12.2. The lowest BCUT2D eigenvalue weighted by Gasteiger charge is -2.12. The van der Waals surface area contributed by atoms with Crippen LogP contribution in [0.25, 0.3) is 0 Å². The fourth-order valence-electron chi connectivity index (χ4n) is 2.38. The van der Waals surface area contributed by atoms with Gasteiger partial charge in [-0.05, 0) is 29.7 Å². The van der Waals surface area contributed by atoms with Gasteiger partial charge in [-0.15, -0.1) is 0 Å². The summed E-state index contributed by atoms with van der Waals surface area (Å²) in [6.45, 7) is 1.48. The summed E-state index contributed by atoms with van der Waals surface area (Å²) in [5, 5.41) is 2.89. The molecular weight excluding hydrogens is 316 g/mol. The number of methoxy groups -OCH3 is 1. The van der Waals surface area contributed by atoms with Crippen molar-refractivity contribution in [2.24, 2.45) is 5.73 Å². The predicted octanol–water partition coefficient (Wildman–Crippen LogP) is 2.29. The summed E-state index contributed by atoms with van der Waals surface area (Å²) in [6.07, 6.45) is 0.839. The highest BCUT2D eigenvalue weighted by atomic mass is 16.5. The molecule has 1 amide bonds. The largest absolute Gasteiger partial charge is 0.489 e. The van der Waals surface area contributed by atoms with Crippen LogP contribution in [0.5, 0.6) is 5.75 Å². The molecule has 0 bridgehead atoms. The molecule has 0 saturated heterocycles. The summed E-state index contributed by atoms with van der Waals surface area (Å²) in [6, 6.07) is 18.0. The molecule has 0 aliphatic rings. The van der Waals surface area contributed by atoms with E-state index in [-0.39, 0.29) is 12.0 Å². The highest BCUT2D eigenvalue weighted by Crippen LogP contribution is 2.14. The molecule has 3 N–H and O–H groups in total. The number of nitrogens with one attached hydrogen (secondary N) is 1. The van der Waals surface area contributed by atoms with Gasteiger partial charge in [-0.3, -0.25) is 4.79 Å². The number of benzene rings is 2. The molecule has 0 heterocycles. The van der Waals surface area contributed by atoms with Crippen LogP contribution in [0.3, 0.4) is 0 Å². The van der Waals surface area contributed by atoms with Gasteiger partial charge in [0.25, 0.3) is 0 Å². The van der Waals surface area contributed by atoms with Crippen molar-refractivity contribution in [3.63, 3.8) is 0 Å². The zero-order valence-electron chi connectivity index (χ0n) is 14.6. The average molecular weight is 342 g/mol. The summed E-state index contributed by atoms with van der Waals surface area (Å²) in [5.41, 5.74) is 7.80. The van der Waals surface area contributed by atoms with E-state index in [0.717, 1.165) is 23.3 Å². The minimum atomic E-state index is -0.221. The third-order valence-electron chi connectivity index (χ3n) is 3.92. The Labute approximate surface area is 149 Å². The lowest BCUT2D eigenvalue weighted by atomic mass is 10.1. The van der Waals surface area contributed by atoms with Crippen LogP contribution in [0, 0.1) is 0 Å². The van der Waals surface area contributed by atoms with E-state index in [4.69, 9.17) is 15.2 Å². The molecule has 0 aromatic heterocycles. The van der Waals surface area contributed by atoms with Gasteiger partial charge in [0.15, 0.2) is 0 Å². The van der Waals surface area contributed by atoms with E-state index in [1.807, 2.05) is 54.6 Å². The normalized spacial score (nSPS) is 11.8. The molecule has 2 rings (SSSR count). The van der Waals surface area contributed by atoms with E-state index >= 15 is 0 Å². The van der Waals surface area contributed by atoms with Crippen molar-refractivity contribution >= 4 is 5.91 Å². The molecular formula is C20H26N2O3. The van der Waals surface area contributed by atoms with Crippen molar-refractivity contribution < 1.29 is 14.3 Å². The van der Waals surface area contributed by atoms with Crippen molar-refractivity contribution in [2.45, 2.75) is 25.6 Å². The number of hydrogen-bond acceptors (Lipinski definition) is 4.